The van der Waals surface area contributed by atoms with Crippen molar-refractivity contribution in [1.29, 1.82) is 0 Å². The molecule has 0 aromatic carbocycles. The number of alkyl halides is 2. The zero-order chi connectivity index (χ0) is 7.98. The Bertz CT molecular complexity index is 70.0. The van der Waals surface area contributed by atoms with Gasteiger partial charge in [-0.1, -0.05) is 20.3 Å². The Morgan fingerprint density at radius 1 is 1.30 bits per heavy atom. The molecular formula is C7H15F2N. The van der Waals surface area contributed by atoms with E-state index in [2.05, 4.69) is 5.32 Å². The highest BCUT2D eigenvalue weighted by molar-refractivity contribution is 4.66. The van der Waals surface area contributed by atoms with Crippen LogP contribution in [0.1, 0.15) is 26.7 Å². The van der Waals surface area contributed by atoms with Crippen LogP contribution in [0.15, 0.2) is 0 Å². The summed E-state index contributed by atoms with van der Waals surface area (Å²) in [6.45, 7) is 4.37. The summed E-state index contributed by atoms with van der Waals surface area (Å²) in [6, 6.07) is -0.602. The van der Waals surface area contributed by atoms with E-state index in [4.69, 9.17) is 0 Å². The van der Waals surface area contributed by atoms with Gasteiger partial charge in [-0.05, 0) is 13.0 Å². The monoisotopic (exact) mass is 151 g/mol. The van der Waals surface area contributed by atoms with Crippen molar-refractivity contribution in [3.05, 3.63) is 0 Å². The molecule has 0 radical (unpaired) electrons. The Kier molecular flexibility index (Phi) is 5.49. The van der Waals surface area contributed by atoms with Gasteiger partial charge in [0.1, 0.15) is 0 Å². The molecule has 0 aromatic heterocycles. The average molecular weight is 151 g/mol. The third-order valence-electron chi connectivity index (χ3n) is 1.37. The second kappa shape index (κ2) is 5.59. The number of hydrogen-bond acceptors (Lipinski definition) is 1. The Labute approximate surface area is 60.8 Å². The molecule has 10 heavy (non-hydrogen) atoms. The number of nitrogens with one attached hydrogen (secondary N) is 1. The molecule has 0 fully saturated rings. The molecule has 1 N–H and O–H groups in total. The predicted molar refractivity (Wildman–Crippen MR) is 38.4 cm³/mol. The van der Waals surface area contributed by atoms with E-state index in [0.717, 1.165) is 6.42 Å². The van der Waals surface area contributed by atoms with Crippen LogP contribution >= 0.6 is 0 Å². The van der Waals surface area contributed by atoms with Crippen LogP contribution in [0.3, 0.4) is 0 Å². The molecule has 3 heteroatoms. The first-order valence-corrected chi connectivity index (χ1v) is 3.73. The zero-order valence-electron chi connectivity index (χ0n) is 6.53. The molecule has 1 unspecified atom stereocenters. The lowest BCUT2D eigenvalue weighted by atomic mass is 10.2. The fourth-order valence-corrected chi connectivity index (χ4v) is 0.890. The summed E-state index contributed by atoms with van der Waals surface area (Å²) in [7, 11) is 0. The quantitative estimate of drug-likeness (QED) is 0.634. The molecule has 1 nitrogen and oxygen atoms in total. The maximum Gasteiger partial charge on any atom is 0.253 e. The Morgan fingerprint density at radius 2 is 1.90 bits per heavy atom. The van der Waals surface area contributed by atoms with E-state index in [9.17, 15) is 8.78 Å². The summed E-state index contributed by atoms with van der Waals surface area (Å²) < 4.78 is 24.0. The highest BCUT2D eigenvalue weighted by atomic mass is 19.3. The molecule has 62 valence electrons. The lowest BCUT2D eigenvalue weighted by Crippen LogP contribution is -2.35. The van der Waals surface area contributed by atoms with Gasteiger partial charge in [0.25, 0.3) is 6.43 Å². The van der Waals surface area contributed by atoms with Gasteiger partial charge < -0.3 is 5.32 Å². The SMILES string of the molecule is CCCC(NCC)C(F)F. The second-order valence-corrected chi connectivity index (χ2v) is 2.29. The van der Waals surface area contributed by atoms with Crippen molar-refractivity contribution in [2.24, 2.45) is 0 Å². The average Bonchev–Trinajstić information content (AvgIpc) is 1.87. The number of halogens is 2. The summed E-state index contributed by atoms with van der Waals surface area (Å²) >= 11 is 0. The maximum absolute atomic E-state index is 12.0. The van der Waals surface area contributed by atoms with E-state index >= 15 is 0 Å². The van der Waals surface area contributed by atoms with Crippen LogP contribution in [0, 0.1) is 0 Å². The van der Waals surface area contributed by atoms with E-state index in [-0.39, 0.29) is 0 Å². The van der Waals surface area contributed by atoms with Gasteiger partial charge in [-0.25, -0.2) is 8.78 Å². The van der Waals surface area contributed by atoms with Crippen molar-refractivity contribution < 1.29 is 8.78 Å². The van der Waals surface area contributed by atoms with Gasteiger partial charge in [0, 0.05) is 0 Å². The van der Waals surface area contributed by atoms with Gasteiger partial charge in [-0.2, -0.15) is 0 Å². The molecule has 0 saturated carbocycles. The summed E-state index contributed by atoms with van der Waals surface area (Å²) in [6.07, 6.45) is -0.854. The molecule has 0 aliphatic rings. The minimum absolute atomic E-state index is 0.561. The van der Waals surface area contributed by atoms with Gasteiger partial charge >= 0.3 is 0 Å². The van der Waals surface area contributed by atoms with Crippen LogP contribution in [-0.2, 0) is 0 Å². The minimum atomic E-state index is -2.22. The summed E-state index contributed by atoms with van der Waals surface area (Å²) in [4.78, 5) is 0. The van der Waals surface area contributed by atoms with Gasteiger partial charge in [-0.15, -0.1) is 0 Å². The normalized spacial score (nSPS) is 14.1. The predicted octanol–water partition coefficient (Wildman–Crippen LogP) is 2.03. The van der Waals surface area contributed by atoms with Crippen LogP contribution in [0.5, 0.6) is 0 Å². The van der Waals surface area contributed by atoms with E-state index in [1.165, 1.54) is 0 Å². The third-order valence-corrected chi connectivity index (χ3v) is 1.37. The van der Waals surface area contributed by atoms with Gasteiger partial charge in [0.05, 0.1) is 6.04 Å². The fraction of sp³-hybridized carbons (Fsp3) is 1.00. The first kappa shape index (κ1) is 9.82. The van der Waals surface area contributed by atoms with Crippen molar-refractivity contribution in [3.8, 4) is 0 Å². The minimum Gasteiger partial charge on any atom is -0.309 e. The number of hydrogen-bond donors (Lipinski definition) is 1. The summed E-state index contributed by atoms with van der Waals surface area (Å²) in [5.41, 5.74) is 0. The van der Waals surface area contributed by atoms with E-state index in [0.29, 0.717) is 13.0 Å². The Hall–Kier alpha value is -0.180. The zero-order valence-corrected chi connectivity index (χ0v) is 6.53. The van der Waals surface area contributed by atoms with E-state index in [1.54, 1.807) is 0 Å². The first-order valence-electron chi connectivity index (χ1n) is 3.73. The van der Waals surface area contributed by atoms with Crippen molar-refractivity contribution in [1.82, 2.24) is 5.32 Å². The molecular weight excluding hydrogens is 136 g/mol. The van der Waals surface area contributed by atoms with Crippen LogP contribution in [0.25, 0.3) is 0 Å². The molecule has 0 aliphatic heterocycles. The lowest BCUT2D eigenvalue weighted by Gasteiger charge is -2.14. The van der Waals surface area contributed by atoms with Crippen molar-refractivity contribution in [2.45, 2.75) is 39.2 Å². The molecule has 1 atom stereocenters. The van der Waals surface area contributed by atoms with Gasteiger partial charge in [0.2, 0.25) is 0 Å². The van der Waals surface area contributed by atoms with Crippen LogP contribution < -0.4 is 5.32 Å². The largest absolute Gasteiger partial charge is 0.309 e. The number of rotatable bonds is 5. The maximum atomic E-state index is 12.0. The smallest absolute Gasteiger partial charge is 0.253 e. The molecule has 0 aliphatic carbocycles. The van der Waals surface area contributed by atoms with E-state index in [1.807, 2.05) is 13.8 Å². The Morgan fingerprint density at radius 3 is 2.20 bits per heavy atom. The molecule has 0 rings (SSSR count). The van der Waals surface area contributed by atoms with Crippen molar-refractivity contribution in [2.75, 3.05) is 6.54 Å². The topological polar surface area (TPSA) is 12.0 Å². The summed E-state index contributed by atoms with van der Waals surface area (Å²) in [5, 5.41) is 2.73. The van der Waals surface area contributed by atoms with Crippen LogP contribution in [-0.4, -0.2) is 19.0 Å². The molecule has 0 aromatic rings. The van der Waals surface area contributed by atoms with Gasteiger partial charge in [0.15, 0.2) is 0 Å². The van der Waals surface area contributed by atoms with Crippen molar-refractivity contribution >= 4 is 0 Å². The van der Waals surface area contributed by atoms with Crippen LogP contribution in [0.4, 0.5) is 8.78 Å². The lowest BCUT2D eigenvalue weighted by molar-refractivity contribution is 0.0946. The van der Waals surface area contributed by atoms with Crippen LogP contribution in [0.2, 0.25) is 0 Å². The molecule has 0 heterocycles. The van der Waals surface area contributed by atoms with Crippen molar-refractivity contribution in [3.63, 3.8) is 0 Å². The van der Waals surface area contributed by atoms with Gasteiger partial charge in [-0.3, -0.25) is 0 Å². The second-order valence-electron chi connectivity index (χ2n) is 2.29. The fourth-order valence-electron chi connectivity index (χ4n) is 0.890. The highest BCUT2D eigenvalue weighted by Gasteiger charge is 2.16. The third kappa shape index (κ3) is 3.77. The van der Waals surface area contributed by atoms with E-state index < -0.39 is 12.5 Å². The highest BCUT2D eigenvalue weighted by Crippen LogP contribution is 2.06. The standard InChI is InChI=1S/C7H15F2N/c1-3-5-6(7(8)9)10-4-2/h6-7,10H,3-5H2,1-2H3. The first-order chi connectivity index (χ1) is 4.72. The summed E-state index contributed by atoms with van der Waals surface area (Å²) in [5.74, 6) is 0. The molecule has 0 bridgehead atoms. The molecule has 0 spiro atoms. The molecule has 0 amide bonds. The Balaban J connectivity index is 3.50. The molecule has 0 saturated heterocycles.